The average molecular weight is 230 g/mol. The van der Waals surface area contributed by atoms with Crippen molar-refractivity contribution >= 4 is 11.8 Å². The molecule has 0 aromatic rings. The zero-order valence-corrected chi connectivity index (χ0v) is 10.8. The van der Waals surface area contributed by atoms with Crippen molar-refractivity contribution in [1.82, 2.24) is 10.2 Å². The van der Waals surface area contributed by atoms with E-state index in [-0.39, 0.29) is 5.54 Å². The smallest absolute Gasteiger partial charge is 0.0645 e. The van der Waals surface area contributed by atoms with Gasteiger partial charge in [-0.15, -0.1) is 0 Å². The maximum atomic E-state index is 5.57. The molecule has 3 nitrogen and oxygen atoms in total. The molecule has 2 heterocycles. The van der Waals surface area contributed by atoms with Crippen LogP contribution in [0.1, 0.15) is 13.8 Å². The van der Waals surface area contributed by atoms with E-state index < -0.39 is 0 Å². The van der Waals surface area contributed by atoms with Gasteiger partial charge in [-0.25, -0.2) is 0 Å². The highest BCUT2D eigenvalue weighted by atomic mass is 32.2. The van der Waals surface area contributed by atoms with Crippen LogP contribution in [-0.4, -0.2) is 60.8 Å². The summed E-state index contributed by atoms with van der Waals surface area (Å²) in [5.74, 6) is 0. The van der Waals surface area contributed by atoms with Crippen molar-refractivity contribution in [3.63, 3.8) is 0 Å². The second kappa shape index (κ2) is 4.62. The molecule has 4 heteroatoms. The lowest BCUT2D eigenvalue weighted by Gasteiger charge is -2.46. The molecule has 0 amide bonds. The van der Waals surface area contributed by atoms with Crippen molar-refractivity contribution in [2.45, 2.75) is 30.7 Å². The fraction of sp³-hybridized carbons (Fsp3) is 1.00. The molecule has 0 bridgehead atoms. The second-order valence-electron chi connectivity index (χ2n) is 5.06. The third-order valence-corrected chi connectivity index (χ3v) is 4.63. The highest BCUT2D eigenvalue weighted by Gasteiger charge is 2.40. The summed E-state index contributed by atoms with van der Waals surface area (Å²) in [5.41, 5.74) is 0.197. The van der Waals surface area contributed by atoms with Gasteiger partial charge in [0.2, 0.25) is 0 Å². The summed E-state index contributed by atoms with van der Waals surface area (Å²) < 4.78 is 5.57. The second-order valence-corrected chi connectivity index (χ2v) is 6.14. The standard InChI is InChI=1S/C11H22N2OS/c1-11(2)8-14-5-4-13(11)9-6-12-7-10(9)15-3/h9-10,12H,4-8H2,1-3H3. The predicted molar refractivity (Wildman–Crippen MR) is 65.6 cm³/mol. The summed E-state index contributed by atoms with van der Waals surface area (Å²) in [6.45, 7) is 9.71. The Bertz CT molecular complexity index is 223. The predicted octanol–water partition coefficient (Wildman–Crippen LogP) is 0.801. The van der Waals surface area contributed by atoms with Crippen LogP contribution in [0, 0.1) is 0 Å². The van der Waals surface area contributed by atoms with Gasteiger partial charge in [0.1, 0.15) is 0 Å². The van der Waals surface area contributed by atoms with E-state index in [1.54, 1.807) is 0 Å². The molecule has 0 aromatic heterocycles. The molecule has 0 radical (unpaired) electrons. The summed E-state index contributed by atoms with van der Waals surface area (Å²) in [7, 11) is 0. The largest absolute Gasteiger partial charge is 0.378 e. The molecular formula is C11H22N2OS. The normalized spacial score (nSPS) is 37.0. The fourth-order valence-corrected chi connectivity index (χ4v) is 3.52. The molecule has 0 aromatic carbocycles. The van der Waals surface area contributed by atoms with Crippen molar-refractivity contribution in [3.05, 3.63) is 0 Å². The third-order valence-electron chi connectivity index (χ3n) is 3.54. The number of nitrogens with one attached hydrogen (secondary N) is 1. The SMILES string of the molecule is CSC1CNCC1N1CCOCC1(C)C. The van der Waals surface area contributed by atoms with Gasteiger partial charge in [-0.05, 0) is 20.1 Å². The van der Waals surface area contributed by atoms with Crippen LogP contribution in [0.4, 0.5) is 0 Å². The van der Waals surface area contributed by atoms with Crippen LogP contribution >= 0.6 is 11.8 Å². The molecule has 15 heavy (non-hydrogen) atoms. The Balaban J connectivity index is 2.07. The van der Waals surface area contributed by atoms with Crippen LogP contribution in [-0.2, 0) is 4.74 Å². The van der Waals surface area contributed by atoms with E-state index in [0.29, 0.717) is 6.04 Å². The highest BCUT2D eigenvalue weighted by Crippen LogP contribution is 2.28. The Morgan fingerprint density at radius 1 is 1.40 bits per heavy atom. The Morgan fingerprint density at radius 2 is 2.20 bits per heavy atom. The first kappa shape index (κ1) is 11.7. The quantitative estimate of drug-likeness (QED) is 0.758. The number of thioether (sulfide) groups is 1. The number of ether oxygens (including phenoxy) is 1. The zero-order chi connectivity index (χ0) is 10.9. The molecule has 2 rings (SSSR count). The summed E-state index contributed by atoms with van der Waals surface area (Å²) in [6, 6.07) is 0.680. The van der Waals surface area contributed by atoms with E-state index in [1.807, 2.05) is 11.8 Å². The molecule has 0 aliphatic carbocycles. The van der Waals surface area contributed by atoms with Crippen molar-refractivity contribution < 1.29 is 4.74 Å². The summed E-state index contributed by atoms with van der Waals surface area (Å²) in [4.78, 5) is 2.64. The van der Waals surface area contributed by atoms with Gasteiger partial charge >= 0.3 is 0 Å². The van der Waals surface area contributed by atoms with Gasteiger partial charge in [-0.3, -0.25) is 4.90 Å². The van der Waals surface area contributed by atoms with Gasteiger partial charge in [0.05, 0.1) is 13.2 Å². The number of hydrogen-bond donors (Lipinski definition) is 1. The van der Waals surface area contributed by atoms with Gasteiger partial charge in [0, 0.05) is 36.5 Å². The molecule has 2 atom stereocenters. The molecule has 2 fully saturated rings. The van der Waals surface area contributed by atoms with Crippen molar-refractivity contribution in [2.24, 2.45) is 0 Å². The Labute approximate surface area is 96.9 Å². The van der Waals surface area contributed by atoms with Crippen LogP contribution in [0.2, 0.25) is 0 Å². The molecule has 0 saturated carbocycles. The molecular weight excluding hydrogens is 208 g/mol. The van der Waals surface area contributed by atoms with Crippen molar-refractivity contribution in [2.75, 3.05) is 39.1 Å². The van der Waals surface area contributed by atoms with Crippen LogP contribution in [0.3, 0.4) is 0 Å². The van der Waals surface area contributed by atoms with Gasteiger partial charge in [0.15, 0.2) is 0 Å². The molecule has 2 aliphatic rings. The van der Waals surface area contributed by atoms with E-state index in [0.717, 1.165) is 38.1 Å². The first-order valence-corrected chi connectivity index (χ1v) is 7.02. The first-order valence-electron chi connectivity index (χ1n) is 5.73. The Kier molecular flexibility index (Phi) is 3.60. The lowest BCUT2D eigenvalue weighted by Crippen LogP contribution is -2.59. The van der Waals surface area contributed by atoms with Gasteiger partial charge in [0.25, 0.3) is 0 Å². The average Bonchev–Trinajstić information content (AvgIpc) is 2.64. The van der Waals surface area contributed by atoms with Gasteiger partial charge in [-0.1, -0.05) is 0 Å². The van der Waals surface area contributed by atoms with Gasteiger partial charge in [-0.2, -0.15) is 11.8 Å². The molecule has 88 valence electrons. The van der Waals surface area contributed by atoms with E-state index >= 15 is 0 Å². The van der Waals surface area contributed by atoms with Crippen molar-refractivity contribution in [3.8, 4) is 0 Å². The van der Waals surface area contributed by atoms with Crippen LogP contribution in [0.5, 0.6) is 0 Å². The Hall–Kier alpha value is 0.230. The van der Waals surface area contributed by atoms with E-state index in [4.69, 9.17) is 4.74 Å². The number of nitrogens with zero attached hydrogens (tertiary/aromatic N) is 1. The third kappa shape index (κ3) is 2.33. The van der Waals surface area contributed by atoms with E-state index in [9.17, 15) is 0 Å². The number of morpholine rings is 1. The van der Waals surface area contributed by atoms with Crippen LogP contribution < -0.4 is 5.32 Å². The van der Waals surface area contributed by atoms with E-state index in [1.165, 1.54) is 0 Å². The summed E-state index contributed by atoms with van der Waals surface area (Å²) in [6.07, 6.45) is 2.22. The molecule has 1 N–H and O–H groups in total. The lowest BCUT2D eigenvalue weighted by molar-refractivity contribution is -0.0673. The lowest BCUT2D eigenvalue weighted by atomic mass is 9.99. The monoisotopic (exact) mass is 230 g/mol. The molecule has 0 spiro atoms. The Morgan fingerprint density at radius 3 is 2.87 bits per heavy atom. The minimum absolute atomic E-state index is 0.197. The summed E-state index contributed by atoms with van der Waals surface area (Å²) >= 11 is 1.99. The van der Waals surface area contributed by atoms with E-state index in [2.05, 4.69) is 30.3 Å². The van der Waals surface area contributed by atoms with Gasteiger partial charge < -0.3 is 10.1 Å². The fourth-order valence-electron chi connectivity index (χ4n) is 2.68. The number of hydrogen-bond acceptors (Lipinski definition) is 4. The molecule has 2 aliphatic heterocycles. The maximum absolute atomic E-state index is 5.57. The molecule has 2 saturated heterocycles. The molecule has 2 unspecified atom stereocenters. The summed E-state index contributed by atoms with van der Waals surface area (Å²) in [5, 5.41) is 4.24. The maximum Gasteiger partial charge on any atom is 0.0645 e. The highest BCUT2D eigenvalue weighted by molar-refractivity contribution is 7.99. The van der Waals surface area contributed by atoms with Crippen LogP contribution in [0.25, 0.3) is 0 Å². The zero-order valence-electron chi connectivity index (χ0n) is 9.95. The minimum atomic E-state index is 0.197. The number of rotatable bonds is 2. The first-order chi connectivity index (χ1) is 7.15. The topological polar surface area (TPSA) is 24.5 Å². The minimum Gasteiger partial charge on any atom is -0.378 e. The van der Waals surface area contributed by atoms with Crippen LogP contribution in [0.15, 0.2) is 0 Å². The van der Waals surface area contributed by atoms with Crippen molar-refractivity contribution in [1.29, 1.82) is 0 Å².